The average molecular weight is 412 g/mol. The van der Waals surface area contributed by atoms with Gasteiger partial charge in [-0.1, -0.05) is 72.8 Å². The van der Waals surface area contributed by atoms with Crippen LogP contribution in [0.5, 0.6) is 11.5 Å². The summed E-state index contributed by atoms with van der Waals surface area (Å²) in [5, 5.41) is 0. The lowest BCUT2D eigenvalue weighted by molar-refractivity contribution is 0.306. The zero-order valence-corrected chi connectivity index (χ0v) is 17.5. The Morgan fingerprint density at radius 3 is 2.03 bits per heavy atom. The summed E-state index contributed by atoms with van der Waals surface area (Å²) in [6.07, 6.45) is 1.80. The van der Waals surface area contributed by atoms with Crippen molar-refractivity contribution in [1.29, 1.82) is 0 Å². The van der Waals surface area contributed by atoms with E-state index < -0.39 is 0 Å². The Bertz CT molecular complexity index is 1170. The van der Waals surface area contributed by atoms with Gasteiger partial charge in [0, 0.05) is 6.20 Å². The van der Waals surface area contributed by atoms with Gasteiger partial charge in [0.15, 0.2) is 0 Å². The monoisotopic (exact) mass is 411 g/mol. The average Bonchev–Trinajstić information content (AvgIpc) is 2.82. The number of ether oxygens (including phenoxy) is 2. The lowest BCUT2D eigenvalue weighted by atomic mass is 10.1. The van der Waals surface area contributed by atoms with Crippen molar-refractivity contribution in [3.8, 4) is 22.6 Å². The highest BCUT2D eigenvalue weighted by atomic mass is 16.5. The molecule has 0 aliphatic heterocycles. The number of rotatable bonds is 8. The maximum Gasteiger partial charge on any atom is 0.262 e. The van der Waals surface area contributed by atoms with Crippen LogP contribution in [0, 0.1) is 0 Å². The molecule has 0 amide bonds. The van der Waals surface area contributed by atoms with Crippen LogP contribution in [0.15, 0.2) is 102 Å². The quantitative estimate of drug-likeness (QED) is 0.382. The van der Waals surface area contributed by atoms with E-state index in [0.717, 1.165) is 22.4 Å². The van der Waals surface area contributed by atoms with Gasteiger partial charge >= 0.3 is 0 Å². The van der Waals surface area contributed by atoms with Crippen molar-refractivity contribution in [3.05, 3.63) is 119 Å². The Morgan fingerprint density at radius 1 is 0.742 bits per heavy atom. The van der Waals surface area contributed by atoms with Crippen molar-refractivity contribution in [1.82, 2.24) is 4.57 Å². The minimum Gasteiger partial charge on any atom is -0.494 e. The van der Waals surface area contributed by atoms with Gasteiger partial charge in [0.05, 0.1) is 18.7 Å². The summed E-state index contributed by atoms with van der Waals surface area (Å²) in [6, 6.07) is 29.3. The summed E-state index contributed by atoms with van der Waals surface area (Å²) in [4.78, 5) is 13.5. The fourth-order valence-electron chi connectivity index (χ4n) is 3.47. The van der Waals surface area contributed by atoms with Crippen LogP contribution in [0.4, 0.5) is 0 Å². The molecule has 4 nitrogen and oxygen atoms in total. The molecule has 0 spiro atoms. The molecule has 0 fully saturated rings. The van der Waals surface area contributed by atoms with Gasteiger partial charge in [-0.2, -0.15) is 0 Å². The molecule has 4 heteroatoms. The molecule has 4 aromatic rings. The van der Waals surface area contributed by atoms with E-state index in [1.54, 1.807) is 10.8 Å². The summed E-state index contributed by atoms with van der Waals surface area (Å²) >= 11 is 0. The topological polar surface area (TPSA) is 40.5 Å². The smallest absolute Gasteiger partial charge is 0.262 e. The van der Waals surface area contributed by atoms with Crippen molar-refractivity contribution in [2.75, 3.05) is 6.61 Å². The number of benzene rings is 3. The Hall–Kier alpha value is -3.79. The van der Waals surface area contributed by atoms with Crippen molar-refractivity contribution in [3.63, 3.8) is 0 Å². The first-order chi connectivity index (χ1) is 15.2. The van der Waals surface area contributed by atoms with Gasteiger partial charge in [0.25, 0.3) is 5.56 Å². The number of hydrogen-bond donors (Lipinski definition) is 0. The summed E-state index contributed by atoms with van der Waals surface area (Å²) in [6.45, 7) is 3.44. The van der Waals surface area contributed by atoms with Crippen molar-refractivity contribution >= 4 is 0 Å². The lowest BCUT2D eigenvalue weighted by Crippen LogP contribution is -2.22. The second-order valence-corrected chi connectivity index (χ2v) is 7.21. The highest BCUT2D eigenvalue weighted by Crippen LogP contribution is 2.29. The Labute approximate surface area is 182 Å². The largest absolute Gasteiger partial charge is 0.494 e. The Kier molecular flexibility index (Phi) is 6.48. The molecular formula is C27H25NO3. The molecule has 0 bridgehead atoms. The molecule has 0 aliphatic carbocycles. The third-order valence-electron chi connectivity index (χ3n) is 5.01. The van der Waals surface area contributed by atoms with Crippen LogP contribution in [-0.2, 0) is 13.2 Å². The predicted molar refractivity (Wildman–Crippen MR) is 124 cm³/mol. The van der Waals surface area contributed by atoms with E-state index in [-0.39, 0.29) is 5.56 Å². The fourth-order valence-corrected chi connectivity index (χ4v) is 3.47. The first-order valence-electron chi connectivity index (χ1n) is 10.4. The van der Waals surface area contributed by atoms with Crippen molar-refractivity contribution < 1.29 is 9.47 Å². The highest BCUT2D eigenvalue weighted by Gasteiger charge is 2.15. The fraction of sp³-hybridized carbons (Fsp3) is 0.148. The minimum absolute atomic E-state index is 0.0847. The normalized spacial score (nSPS) is 10.6. The van der Waals surface area contributed by atoms with Crippen molar-refractivity contribution in [2.45, 2.75) is 20.1 Å². The van der Waals surface area contributed by atoms with Crippen molar-refractivity contribution in [2.24, 2.45) is 0 Å². The van der Waals surface area contributed by atoms with E-state index in [4.69, 9.17) is 9.47 Å². The molecule has 4 rings (SSSR count). The van der Waals surface area contributed by atoms with Gasteiger partial charge in [-0.15, -0.1) is 0 Å². The van der Waals surface area contributed by atoms with Crippen LogP contribution in [0.25, 0.3) is 11.1 Å². The molecule has 1 aromatic heterocycles. The van der Waals surface area contributed by atoms with Gasteiger partial charge in [-0.05, 0) is 41.8 Å². The number of nitrogens with zero attached hydrogens (tertiary/aromatic N) is 1. The molecule has 0 aliphatic rings. The second-order valence-electron chi connectivity index (χ2n) is 7.21. The first kappa shape index (κ1) is 20.5. The van der Waals surface area contributed by atoms with Gasteiger partial charge in [-0.3, -0.25) is 4.79 Å². The highest BCUT2D eigenvalue weighted by molar-refractivity contribution is 5.70. The minimum atomic E-state index is -0.0847. The van der Waals surface area contributed by atoms with Crippen LogP contribution < -0.4 is 15.0 Å². The molecule has 0 saturated carbocycles. The molecule has 156 valence electrons. The number of aromatic nitrogens is 1. The standard InChI is InChI=1S/C27H25NO3/c1-2-30-24-15-13-23(14-16-24)26-25(31-20-22-11-7-4-8-12-22)17-18-28(27(26)29)19-21-9-5-3-6-10-21/h3-18H,2,19-20H2,1H3. The van der Waals surface area contributed by atoms with Crippen LogP contribution in [0.2, 0.25) is 0 Å². The number of hydrogen-bond acceptors (Lipinski definition) is 3. The summed E-state index contributed by atoms with van der Waals surface area (Å²) < 4.78 is 13.4. The van der Waals surface area contributed by atoms with Crippen LogP contribution in [0.3, 0.4) is 0 Å². The lowest BCUT2D eigenvalue weighted by Gasteiger charge is -2.15. The van der Waals surface area contributed by atoms with E-state index >= 15 is 0 Å². The second kappa shape index (κ2) is 9.81. The maximum atomic E-state index is 13.5. The maximum absolute atomic E-state index is 13.5. The SMILES string of the molecule is CCOc1ccc(-c2c(OCc3ccccc3)ccn(Cc3ccccc3)c2=O)cc1. The predicted octanol–water partition coefficient (Wildman–Crippen LogP) is 5.54. The van der Waals surface area contributed by atoms with Gasteiger partial charge < -0.3 is 14.0 Å². The van der Waals surface area contributed by atoms with Crippen LogP contribution in [0.1, 0.15) is 18.1 Å². The summed E-state index contributed by atoms with van der Waals surface area (Å²) in [5.41, 5.74) is 3.39. The van der Waals surface area contributed by atoms with E-state index in [1.165, 1.54) is 0 Å². The third-order valence-corrected chi connectivity index (χ3v) is 5.01. The van der Waals surface area contributed by atoms with Gasteiger partial charge in [0.1, 0.15) is 18.1 Å². The van der Waals surface area contributed by atoms with E-state index in [2.05, 4.69) is 0 Å². The van der Waals surface area contributed by atoms with E-state index in [0.29, 0.717) is 31.1 Å². The molecule has 0 N–H and O–H groups in total. The summed E-state index contributed by atoms with van der Waals surface area (Å²) in [7, 11) is 0. The zero-order chi connectivity index (χ0) is 21.5. The molecule has 3 aromatic carbocycles. The number of pyridine rings is 1. The third kappa shape index (κ3) is 5.04. The molecule has 0 unspecified atom stereocenters. The molecule has 1 heterocycles. The molecule has 0 atom stereocenters. The van der Waals surface area contributed by atoms with Crippen LogP contribution >= 0.6 is 0 Å². The Balaban J connectivity index is 1.71. The molecular weight excluding hydrogens is 386 g/mol. The van der Waals surface area contributed by atoms with Crippen LogP contribution in [-0.4, -0.2) is 11.2 Å². The summed E-state index contributed by atoms with van der Waals surface area (Å²) in [5.74, 6) is 1.35. The Morgan fingerprint density at radius 2 is 1.39 bits per heavy atom. The van der Waals surface area contributed by atoms with E-state index in [9.17, 15) is 4.79 Å². The first-order valence-corrected chi connectivity index (χ1v) is 10.4. The molecule has 0 saturated heterocycles. The molecule has 0 radical (unpaired) electrons. The van der Waals surface area contributed by atoms with Gasteiger partial charge in [-0.25, -0.2) is 0 Å². The van der Waals surface area contributed by atoms with E-state index in [1.807, 2.05) is 97.9 Å². The zero-order valence-electron chi connectivity index (χ0n) is 17.5. The van der Waals surface area contributed by atoms with Gasteiger partial charge in [0.2, 0.25) is 0 Å². The molecule has 31 heavy (non-hydrogen) atoms.